The van der Waals surface area contributed by atoms with Crippen molar-refractivity contribution in [1.29, 1.82) is 0 Å². The molecule has 0 saturated carbocycles. The first-order valence-corrected chi connectivity index (χ1v) is 11.0. The van der Waals surface area contributed by atoms with Crippen LogP contribution in [-0.2, 0) is 16.1 Å². The highest BCUT2D eigenvalue weighted by Gasteiger charge is 2.26. The van der Waals surface area contributed by atoms with Crippen LogP contribution in [0.15, 0.2) is 70.8 Å². The average Bonchev–Trinajstić information content (AvgIpc) is 3.48. The van der Waals surface area contributed by atoms with Gasteiger partial charge in [-0.2, -0.15) is 10.1 Å². The van der Waals surface area contributed by atoms with E-state index in [4.69, 9.17) is 0 Å². The summed E-state index contributed by atoms with van der Waals surface area (Å²) >= 11 is 2.85. The molecule has 8 nitrogen and oxygen atoms in total. The number of hydrogen-bond acceptors (Lipinski definition) is 7. The fourth-order valence-electron chi connectivity index (χ4n) is 2.87. The Balaban J connectivity index is 1.40. The highest BCUT2D eigenvalue weighted by molar-refractivity contribution is 7.99. The first-order chi connectivity index (χ1) is 14.7. The molecule has 0 unspecified atom stereocenters. The molecule has 4 rings (SSSR count). The fourth-order valence-corrected chi connectivity index (χ4v) is 4.34. The van der Waals surface area contributed by atoms with Crippen LogP contribution in [0.3, 0.4) is 0 Å². The van der Waals surface area contributed by atoms with Crippen LogP contribution in [-0.4, -0.2) is 38.2 Å². The molecule has 1 aliphatic rings. The number of thioether (sulfide) groups is 1. The number of hydrogen-bond donors (Lipinski definition) is 1. The predicted octanol–water partition coefficient (Wildman–Crippen LogP) is 3.15. The van der Waals surface area contributed by atoms with E-state index in [0.29, 0.717) is 23.2 Å². The van der Waals surface area contributed by atoms with Gasteiger partial charge in [-0.25, -0.2) is 0 Å². The number of carbonyl (C=O) groups excluding carboxylic acids is 2. The smallest absolute Gasteiger partial charge is 0.255 e. The van der Waals surface area contributed by atoms with Crippen LogP contribution in [0, 0.1) is 0 Å². The van der Waals surface area contributed by atoms with Crippen LogP contribution in [0.2, 0.25) is 0 Å². The summed E-state index contributed by atoms with van der Waals surface area (Å²) in [5, 5.41) is 19.3. The summed E-state index contributed by atoms with van der Waals surface area (Å²) < 4.78 is 1.92. The van der Waals surface area contributed by atoms with Crippen molar-refractivity contribution in [3.63, 3.8) is 0 Å². The third-order valence-corrected chi connectivity index (χ3v) is 6.00. The van der Waals surface area contributed by atoms with Gasteiger partial charge in [-0.05, 0) is 23.6 Å². The Morgan fingerprint density at radius 1 is 1.23 bits per heavy atom. The van der Waals surface area contributed by atoms with Gasteiger partial charge in [0, 0.05) is 6.54 Å². The predicted molar refractivity (Wildman–Crippen MR) is 118 cm³/mol. The normalized spacial score (nSPS) is 13.4. The molecule has 0 bridgehead atoms. The van der Waals surface area contributed by atoms with E-state index in [1.54, 1.807) is 29.5 Å². The van der Waals surface area contributed by atoms with Crippen molar-refractivity contribution in [2.45, 2.75) is 18.1 Å². The van der Waals surface area contributed by atoms with Gasteiger partial charge in [0.1, 0.15) is 5.84 Å². The molecular formula is C20H18N6O2S2. The number of thiophene rings is 1. The van der Waals surface area contributed by atoms with E-state index in [9.17, 15) is 9.59 Å². The number of amidine groups is 1. The Hall–Kier alpha value is -3.24. The molecule has 10 heteroatoms. The fraction of sp³-hybridized carbons (Fsp3) is 0.150. The Kier molecular flexibility index (Phi) is 6.05. The number of nitrogens with one attached hydrogen (secondary N) is 1. The van der Waals surface area contributed by atoms with Gasteiger partial charge in [-0.15, -0.1) is 28.1 Å². The van der Waals surface area contributed by atoms with Gasteiger partial charge < -0.3 is 5.32 Å². The maximum Gasteiger partial charge on any atom is 0.255 e. The molecule has 0 fully saturated rings. The van der Waals surface area contributed by atoms with Crippen molar-refractivity contribution in [2.75, 3.05) is 10.8 Å². The summed E-state index contributed by atoms with van der Waals surface area (Å²) in [4.78, 5) is 25.6. The van der Waals surface area contributed by atoms with Gasteiger partial charge in [0.05, 0.1) is 22.7 Å². The monoisotopic (exact) mass is 438 g/mol. The molecule has 152 valence electrons. The minimum Gasteiger partial charge on any atom is -0.312 e. The first-order valence-electron chi connectivity index (χ1n) is 9.12. The van der Waals surface area contributed by atoms with Crippen molar-refractivity contribution in [3.8, 4) is 10.7 Å². The van der Waals surface area contributed by atoms with Gasteiger partial charge in [-0.3, -0.25) is 14.2 Å². The summed E-state index contributed by atoms with van der Waals surface area (Å²) in [5.74, 6) is 0.763. The number of para-hydroxylation sites is 1. The van der Waals surface area contributed by atoms with Crippen molar-refractivity contribution < 1.29 is 9.59 Å². The Bertz CT molecular complexity index is 1090. The second-order valence-electron chi connectivity index (χ2n) is 6.28. The van der Waals surface area contributed by atoms with Crippen LogP contribution < -0.4 is 10.3 Å². The zero-order valence-corrected chi connectivity index (χ0v) is 17.5. The minimum absolute atomic E-state index is 0.0560. The van der Waals surface area contributed by atoms with E-state index >= 15 is 0 Å². The third-order valence-electron chi connectivity index (χ3n) is 4.16. The summed E-state index contributed by atoms with van der Waals surface area (Å²) in [6.07, 6.45) is 1.82. The zero-order valence-electron chi connectivity index (χ0n) is 15.9. The van der Waals surface area contributed by atoms with Gasteiger partial charge in [0.25, 0.3) is 5.91 Å². The highest BCUT2D eigenvalue weighted by atomic mass is 32.2. The van der Waals surface area contributed by atoms with Gasteiger partial charge >= 0.3 is 0 Å². The molecule has 2 aromatic heterocycles. The number of benzene rings is 1. The minimum atomic E-state index is -0.257. The molecule has 1 N–H and O–H groups in total. The number of carbonyl (C=O) groups is 2. The largest absolute Gasteiger partial charge is 0.312 e. The number of rotatable bonds is 7. The van der Waals surface area contributed by atoms with Gasteiger partial charge in [0.2, 0.25) is 5.91 Å². The van der Waals surface area contributed by atoms with Crippen LogP contribution in [0.4, 0.5) is 5.69 Å². The van der Waals surface area contributed by atoms with Crippen LogP contribution in [0.25, 0.3) is 10.7 Å². The quantitative estimate of drug-likeness (QED) is 0.452. The molecule has 3 aromatic rings. The number of aromatic nitrogens is 3. The molecule has 1 aromatic carbocycles. The molecule has 3 heterocycles. The second kappa shape index (κ2) is 9.06. The van der Waals surface area contributed by atoms with Gasteiger partial charge in [-0.1, -0.05) is 42.1 Å². The lowest BCUT2D eigenvalue weighted by atomic mass is 10.3. The van der Waals surface area contributed by atoms with E-state index in [-0.39, 0.29) is 24.0 Å². The second-order valence-corrected chi connectivity index (χ2v) is 8.17. The molecule has 1 aliphatic heterocycles. The van der Waals surface area contributed by atoms with Crippen molar-refractivity contribution in [2.24, 2.45) is 5.10 Å². The molecule has 2 amide bonds. The molecular weight excluding hydrogens is 420 g/mol. The molecule has 0 spiro atoms. The summed E-state index contributed by atoms with van der Waals surface area (Å²) in [6, 6.07) is 13.0. The average molecular weight is 439 g/mol. The van der Waals surface area contributed by atoms with E-state index in [2.05, 4.69) is 27.2 Å². The van der Waals surface area contributed by atoms with E-state index < -0.39 is 0 Å². The first kappa shape index (κ1) is 20.0. The molecule has 0 aliphatic carbocycles. The lowest BCUT2D eigenvalue weighted by Gasteiger charge is -2.10. The zero-order chi connectivity index (χ0) is 20.9. The number of hydrazone groups is 1. The van der Waals surface area contributed by atoms with Crippen molar-refractivity contribution in [1.82, 2.24) is 20.1 Å². The summed E-state index contributed by atoms with van der Waals surface area (Å²) in [7, 11) is 0. The lowest BCUT2D eigenvalue weighted by molar-refractivity contribution is -0.117. The van der Waals surface area contributed by atoms with Gasteiger partial charge in [0.15, 0.2) is 11.0 Å². The Labute approximate surface area is 181 Å². The van der Waals surface area contributed by atoms with Crippen LogP contribution in [0.1, 0.15) is 6.42 Å². The standard InChI is InChI=1S/C20H18N6O2S2/c1-2-10-25-19(15-9-6-11-29-15)22-23-20(25)30-13-17(27)21-16-12-18(28)26(24-16)14-7-4-3-5-8-14/h2-9,11H,1,10,12-13H2,(H,21,24,27). The third kappa shape index (κ3) is 4.34. The molecule has 0 radical (unpaired) electrons. The maximum atomic E-state index is 12.4. The van der Waals surface area contributed by atoms with Crippen LogP contribution in [0.5, 0.6) is 0 Å². The Morgan fingerprint density at radius 2 is 2.07 bits per heavy atom. The number of allylic oxidation sites excluding steroid dienone is 1. The maximum absolute atomic E-state index is 12.4. The van der Waals surface area contributed by atoms with Crippen molar-refractivity contribution >= 4 is 46.4 Å². The van der Waals surface area contributed by atoms with E-state index in [0.717, 1.165) is 10.7 Å². The topological polar surface area (TPSA) is 92.5 Å². The van der Waals surface area contributed by atoms with E-state index in [1.807, 2.05) is 40.3 Å². The number of amides is 2. The summed E-state index contributed by atoms with van der Waals surface area (Å²) in [6.45, 7) is 4.33. The molecule has 30 heavy (non-hydrogen) atoms. The Morgan fingerprint density at radius 3 is 2.80 bits per heavy atom. The lowest BCUT2D eigenvalue weighted by Crippen LogP contribution is -2.31. The summed E-state index contributed by atoms with van der Waals surface area (Å²) in [5.41, 5.74) is 0.666. The molecule has 0 saturated heterocycles. The number of anilines is 1. The molecule has 0 atom stereocenters. The van der Waals surface area contributed by atoms with Crippen LogP contribution >= 0.6 is 23.1 Å². The highest BCUT2D eigenvalue weighted by Crippen LogP contribution is 2.27. The van der Waals surface area contributed by atoms with Crippen molar-refractivity contribution in [3.05, 3.63) is 60.5 Å². The van der Waals surface area contributed by atoms with E-state index in [1.165, 1.54) is 16.8 Å². The SMILES string of the molecule is C=CCn1c(SCC(=O)NC2=NN(c3ccccc3)C(=O)C2)nnc1-c1cccs1. The number of nitrogens with zero attached hydrogens (tertiary/aromatic N) is 5.